The maximum absolute atomic E-state index is 12.0. The number of aromatic amines is 1. The van der Waals surface area contributed by atoms with Gasteiger partial charge in [-0.3, -0.25) is 14.5 Å². The van der Waals surface area contributed by atoms with Crippen LogP contribution in [-0.2, 0) is 0 Å². The summed E-state index contributed by atoms with van der Waals surface area (Å²) < 4.78 is 0. The smallest absolute Gasteiger partial charge is 0.256 e. The van der Waals surface area contributed by atoms with E-state index in [-0.39, 0.29) is 22.9 Å². The van der Waals surface area contributed by atoms with E-state index in [1.807, 2.05) is 0 Å². The van der Waals surface area contributed by atoms with Gasteiger partial charge in [-0.1, -0.05) is 12.2 Å². The Kier molecular flexibility index (Phi) is 4.86. The zero-order chi connectivity index (χ0) is 14.5. The third-order valence-electron chi connectivity index (χ3n) is 3.37. The van der Waals surface area contributed by atoms with Gasteiger partial charge in [0.1, 0.15) is 5.56 Å². The monoisotopic (exact) mass is 294 g/mol. The van der Waals surface area contributed by atoms with Gasteiger partial charge in [0.2, 0.25) is 0 Å². The summed E-state index contributed by atoms with van der Waals surface area (Å²) in [5.74, 6) is -0.320. The lowest BCUT2D eigenvalue weighted by atomic mass is 10.0. The highest BCUT2D eigenvalue weighted by atomic mass is 32.1. The molecule has 1 amide bonds. The van der Waals surface area contributed by atoms with Crippen molar-refractivity contribution in [3.63, 3.8) is 0 Å². The SMILES string of the molecule is NC(=S)CN1CCC(NC(=O)c2c[nH]ccc2=O)CC1. The van der Waals surface area contributed by atoms with Crippen molar-refractivity contribution in [3.8, 4) is 0 Å². The minimum atomic E-state index is -0.320. The van der Waals surface area contributed by atoms with Crippen molar-refractivity contribution in [2.24, 2.45) is 5.73 Å². The minimum absolute atomic E-state index is 0.0877. The van der Waals surface area contributed by atoms with Gasteiger partial charge in [-0.2, -0.15) is 0 Å². The number of pyridine rings is 1. The zero-order valence-electron chi connectivity index (χ0n) is 11.1. The average molecular weight is 294 g/mol. The molecule has 0 bridgehead atoms. The predicted octanol–water partition coefficient (Wildman–Crippen LogP) is -0.145. The molecule has 1 fully saturated rings. The Balaban J connectivity index is 1.87. The number of nitrogens with zero attached hydrogens (tertiary/aromatic N) is 1. The van der Waals surface area contributed by atoms with Crippen LogP contribution in [-0.4, -0.2) is 46.5 Å². The largest absolute Gasteiger partial charge is 0.392 e. The number of amides is 1. The lowest BCUT2D eigenvalue weighted by Crippen LogP contribution is -2.47. The van der Waals surface area contributed by atoms with Gasteiger partial charge in [-0.05, 0) is 12.8 Å². The molecule has 1 aromatic rings. The van der Waals surface area contributed by atoms with Crippen LogP contribution in [0.25, 0.3) is 0 Å². The van der Waals surface area contributed by atoms with Gasteiger partial charge in [0.25, 0.3) is 5.91 Å². The van der Waals surface area contributed by atoms with Crippen LogP contribution in [0.3, 0.4) is 0 Å². The molecule has 1 aliphatic rings. The quantitative estimate of drug-likeness (QED) is 0.672. The fraction of sp³-hybridized carbons (Fsp3) is 0.462. The molecule has 0 radical (unpaired) electrons. The van der Waals surface area contributed by atoms with Gasteiger partial charge >= 0.3 is 0 Å². The van der Waals surface area contributed by atoms with Crippen LogP contribution in [0.5, 0.6) is 0 Å². The van der Waals surface area contributed by atoms with Crippen molar-refractivity contribution in [2.45, 2.75) is 18.9 Å². The highest BCUT2D eigenvalue weighted by Crippen LogP contribution is 2.10. The van der Waals surface area contributed by atoms with Gasteiger partial charge in [0.05, 0.1) is 4.99 Å². The van der Waals surface area contributed by atoms with E-state index in [1.54, 1.807) is 0 Å². The second-order valence-electron chi connectivity index (χ2n) is 4.91. The molecule has 4 N–H and O–H groups in total. The number of hydrogen-bond acceptors (Lipinski definition) is 4. The van der Waals surface area contributed by atoms with Crippen molar-refractivity contribution in [1.29, 1.82) is 0 Å². The summed E-state index contributed by atoms with van der Waals surface area (Å²) in [7, 11) is 0. The molecule has 2 rings (SSSR count). The van der Waals surface area contributed by atoms with Gasteiger partial charge in [0, 0.05) is 44.1 Å². The standard InChI is InChI=1S/C13H18N4O2S/c14-12(20)8-17-5-2-9(3-6-17)16-13(19)10-7-15-4-1-11(10)18/h1,4,7,9H,2-3,5-6,8H2,(H2,14,20)(H,15,18)(H,16,19). The number of piperidine rings is 1. The molecule has 108 valence electrons. The third kappa shape index (κ3) is 3.88. The first kappa shape index (κ1) is 14.7. The lowest BCUT2D eigenvalue weighted by molar-refractivity contribution is 0.0913. The molecule has 1 aromatic heterocycles. The van der Waals surface area contributed by atoms with E-state index in [0.29, 0.717) is 11.5 Å². The fourth-order valence-corrected chi connectivity index (χ4v) is 2.50. The van der Waals surface area contributed by atoms with Gasteiger partial charge in [0.15, 0.2) is 5.43 Å². The number of likely N-dealkylation sites (tertiary alicyclic amines) is 1. The van der Waals surface area contributed by atoms with Crippen molar-refractivity contribution in [3.05, 3.63) is 34.2 Å². The number of nitrogens with one attached hydrogen (secondary N) is 2. The number of carbonyl (C=O) groups is 1. The van der Waals surface area contributed by atoms with Crippen molar-refractivity contribution >= 4 is 23.1 Å². The molecular weight excluding hydrogens is 276 g/mol. The maximum atomic E-state index is 12.0. The van der Waals surface area contributed by atoms with E-state index in [0.717, 1.165) is 25.9 Å². The summed E-state index contributed by atoms with van der Waals surface area (Å²) in [6.07, 6.45) is 4.60. The summed E-state index contributed by atoms with van der Waals surface area (Å²) in [5, 5.41) is 2.90. The second-order valence-corrected chi connectivity index (χ2v) is 5.44. The first-order valence-corrected chi connectivity index (χ1v) is 6.95. The lowest BCUT2D eigenvalue weighted by Gasteiger charge is -2.31. The molecule has 1 aliphatic heterocycles. The van der Waals surface area contributed by atoms with E-state index < -0.39 is 0 Å². The number of carbonyl (C=O) groups excluding carboxylic acids is 1. The fourth-order valence-electron chi connectivity index (χ4n) is 2.31. The van der Waals surface area contributed by atoms with E-state index in [9.17, 15) is 9.59 Å². The molecule has 20 heavy (non-hydrogen) atoms. The first-order valence-electron chi connectivity index (χ1n) is 6.55. The van der Waals surface area contributed by atoms with Crippen molar-refractivity contribution in [1.82, 2.24) is 15.2 Å². The van der Waals surface area contributed by atoms with Crippen LogP contribution in [0, 0.1) is 0 Å². The number of nitrogens with two attached hydrogens (primary N) is 1. The van der Waals surface area contributed by atoms with E-state index >= 15 is 0 Å². The molecule has 1 saturated heterocycles. The first-order chi connectivity index (χ1) is 9.56. The highest BCUT2D eigenvalue weighted by Gasteiger charge is 2.22. The molecule has 0 unspecified atom stereocenters. The Bertz CT molecular complexity index is 549. The third-order valence-corrected chi connectivity index (χ3v) is 3.50. The molecule has 0 aliphatic carbocycles. The van der Waals surface area contributed by atoms with Gasteiger partial charge in [-0.25, -0.2) is 0 Å². The van der Waals surface area contributed by atoms with E-state index in [1.165, 1.54) is 18.5 Å². The predicted molar refractivity (Wildman–Crippen MR) is 80.8 cm³/mol. The topological polar surface area (TPSA) is 91.2 Å². The molecular formula is C13H18N4O2S. The molecule has 0 atom stereocenters. The number of hydrogen-bond donors (Lipinski definition) is 3. The molecule has 2 heterocycles. The highest BCUT2D eigenvalue weighted by molar-refractivity contribution is 7.80. The zero-order valence-corrected chi connectivity index (χ0v) is 11.9. The summed E-state index contributed by atoms with van der Waals surface area (Å²) in [6, 6.07) is 1.43. The number of rotatable bonds is 4. The van der Waals surface area contributed by atoms with Crippen LogP contribution in [0.2, 0.25) is 0 Å². The summed E-state index contributed by atoms with van der Waals surface area (Å²) in [5.41, 5.74) is 5.39. The molecule has 0 saturated carbocycles. The van der Waals surface area contributed by atoms with E-state index in [2.05, 4.69) is 15.2 Å². The maximum Gasteiger partial charge on any atom is 0.256 e. The van der Waals surface area contributed by atoms with Crippen LogP contribution >= 0.6 is 12.2 Å². The Hall–Kier alpha value is -1.73. The number of H-pyrrole nitrogens is 1. The summed E-state index contributed by atoms with van der Waals surface area (Å²) in [6.45, 7) is 2.30. The summed E-state index contributed by atoms with van der Waals surface area (Å²) in [4.78, 5) is 29.0. The van der Waals surface area contributed by atoms with Crippen molar-refractivity contribution in [2.75, 3.05) is 19.6 Å². The molecule has 0 spiro atoms. The van der Waals surface area contributed by atoms with Crippen LogP contribution in [0.4, 0.5) is 0 Å². The Morgan fingerprint density at radius 1 is 1.50 bits per heavy atom. The number of thiocarbonyl (C=S) groups is 1. The van der Waals surface area contributed by atoms with E-state index in [4.69, 9.17) is 18.0 Å². The van der Waals surface area contributed by atoms with Crippen molar-refractivity contribution < 1.29 is 4.79 Å². The molecule has 6 nitrogen and oxygen atoms in total. The summed E-state index contributed by atoms with van der Waals surface area (Å²) >= 11 is 4.88. The van der Waals surface area contributed by atoms with Crippen LogP contribution < -0.4 is 16.5 Å². The van der Waals surface area contributed by atoms with Gasteiger partial charge in [-0.15, -0.1) is 0 Å². The van der Waals surface area contributed by atoms with Crippen LogP contribution in [0.15, 0.2) is 23.3 Å². The minimum Gasteiger partial charge on any atom is -0.392 e. The molecule has 7 heteroatoms. The Labute approximate surface area is 122 Å². The Morgan fingerprint density at radius 3 is 2.80 bits per heavy atom. The average Bonchev–Trinajstić information content (AvgIpc) is 2.41. The van der Waals surface area contributed by atoms with Crippen LogP contribution in [0.1, 0.15) is 23.2 Å². The van der Waals surface area contributed by atoms with Gasteiger partial charge < -0.3 is 16.0 Å². The number of aromatic nitrogens is 1. The normalized spacial score (nSPS) is 16.8. The Morgan fingerprint density at radius 2 is 2.20 bits per heavy atom. The second kappa shape index (κ2) is 6.62. The molecule has 0 aromatic carbocycles.